The molecule has 0 radical (unpaired) electrons. The fourth-order valence-corrected chi connectivity index (χ4v) is 1.74. The maximum atomic E-state index is 8.97. The number of aliphatic hydroxyl groups is 1. The van der Waals surface area contributed by atoms with Gasteiger partial charge in [-0.25, -0.2) is 0 Å². The maximum Gasteiger partial charge on any atom is 0.0605 e. The largest absolute Gasteiger partial charge is 0.395 e. The van der Waals surface area contributed by atoms with E-state index in [2.05, 4.69) is 17.0 Å². The van der Waals surface area contributed by atoms with E-state index in [0.29, 0.717) is 12.1 Å². The second kappa shape index (κ2) is 2.88. The van der Waals surface area contributed by atoms with Gasteiger partial charge in [-0.15, -0.1) is 0 Å². The van der Waals surface area contributed by atoms with E-state index < -0.39 is 0 Å². The Kier molecular flexibility index (Phi) is 1.87. The average molecular weight is 163 g/mol. The van der Waals surface area contributed by atoms with Crippen LogP contribution in [0.3, 0.4) is 0 Å². The Labute approximate surface area is 72.4 Å². The molecule has 0 aliphatic carbocycles. The molecule has 2 heteroatoms. The zero-order valence-electron chi connectivity index (χ0n) is 7.14. The van der Waals surface area contributed by atoms with Crippen LogP contribution in [0.2, 0.25) is 0 Å². The van der Waals surface area contributed by atoms with E-state index in [1.807, 2.05) is 25.2 Å². The van der Waals surface area contributed by atoms with Crippen molar-refractivity contribution in [1.29, 1.82) is 0 Å². The first-order chi connectivity index (χ1) is 5.84. The van der Waals surface area contributed by atoms with Crippen molar-refractivity contribution in [3.05, 3.63) is 35.9 Å². The summed E-state index contributed by atoms with van der Waals surface area (Å²) in [5.41, 5.74) is 1.30. The fourth-order valence-electron chi connectivity index (χ4n) is 1.74. The quantitative estimate of drug-likeness (QED) is 0.658. The van der Waals surface area contributed by atoms with Gasteiger partial charge < -0.3 is 5.11 Å². The molecule has 1 heterocycles. The van der Waals surface area contributed by atoms with Crippen molar-refractivity contribution in [1.82, 2.24) is 4.90 Å². The lowest BCUT2D eigenvalue weighted by molar-refractivity contribution is 0.280. The van der Waals surface area contributed by atoms with Crippen LogP contribution in [-0.4, -0.2) is 29.7 Å². The van der Waals surface area contributed by atoms with E-state index in [4.69, 9.17) is 5.11 Å². The van der Waals surface area contributed by atoms with Gasteiger partial charge in [-0.05, 0) is 12.6 Å². The van der Waals surface area contributed by atoms with E-state index in [1.54, 1.807) is 0 Å². The summed E-state index contributed by atoms with van der Waals surface area (Å²) in [6, 6.07) is 11.1. The molecule has 64 valence electrons. The molecule has 12 heavy (non-hydrogen) atoms. The molecule has 1 fully saturated rings. The molecule has 1 aromatic rings. The molecule has 1 aromatic carbocycles. The second-order valence-corrected chi connectivity index (χ2v) is 3.27. The summed E-state index contributed by atoms with van der Waals surface area (Å²) in [6.45, 7) is 0.260. The number of aliphatic hydroxyl groups excluding tert-OH is 1. The Morgan fingerprint density at radius 3 is 2.50 bits per heavy atom. The fraction of sp³-hybridized carbons (Fsp3) is 0.400. The van der Waals surface area contributed by atoms with Crippen LogP contribution in [0.1, 0.15) is 11.6 Å². The molecule has 1 saturated heterocycles. The smallest absolute Gasteiger partial charge is 0.0605 e. The number of rotatable bonds is 2. The van der Waals surface area contributed by atoms with Gasteiger partial charge in [0.15, 0.2) is 0 Å². The van der Waals surface area contributed by atoms with Gasteiger partial charge in [-0.2, -0.15) is 0 Å². The van der Waals surface area contributed by atoms with Crippen LogP contribution in [0.25, 0.3) is 0 Å². The van der Waals surface area contributed by atoms with Crippen molar-refractivity contribution in [2.45, 2.75) is 12.1 Å². The van der Waals surface area contributed by atoms with Crippen molar-refractivity contribution in [2.75, 3.05) is 13.7 Å². The van der Waals surface area contributed by atoms with Crippen LogP contribution in [0.15, 0.2) is 30.3 Å². The van der Waals surface area contributed by atoms with Gasteiger partial charge in [0.1, 0.15) is 0 Å². The summed E-state index contributed by atoms with van der Waals surface area (Å²) in [5.74, 6) is 0. The normalized spacial score (nSPS) is 33.3. The Morgan fingerprint density at radius 1 is 1.33 bits per heavy atom. The highest BCUT2D eigenvalue weighted by molar-refractivity contribution is 5.26. The van der Waals surface area contributed by atoms with Crippen LogP contribution < -0.4 is 0 Å². The van der Waals surface area contributed by atoms with Gasteiger partial charge in [0.25, 0.3) is 0 Å². The predicted octanol–water partition coefficient (Wildman–Crippen LogP) is 1.03. The van der Waals surface area contributed by atoms with Crippen LogP contribution in [0, 0.1) is 0 Å². The zero-order valence-corrected chi connectivity index (χ0v) is 7.14. The summed E-state index contributed by atoms with van der Waals surface area (Å²) in [7, 11) is 2.04. The first-order valence-corrected chi connectivity index (χ1v) is 4.22. The molecule has 3 atom stereocenters. The summed E-state index contributed by atoms with van der Waals surface area (Å²) in [6.07, 6.45) is 0. The van der Waals surface area contributed by atoms with Crippen molar-refractivity contribution >= 4 is 0 Å². The number of benzene rings is 1. The molecular weight excluding hydrogens is 150 g/mol. The topological polar surface area (TPSA) is 23.2 Å². The van der Waals surface area contributed by atoms with E-state index in [9.17, 15) is 0 Å². The molecule has 1 aliphatic heterocycles. The van der Waals surface area contributed by atoms with Gasteiger partial charge in [-0.3, -0.25) is 4.90 Å². The van der Waals surface area contributed by atoms with E-state index in [0.717, 1.165) is 0 Å². The highest BCUT2D eigenvalue weighted by Gasteiger charge is 2.44. The Balaban J connectivity index is 2.14. The van der Waals surface area contributed by atoms with Crippen molar-refractivity contribution in [2.24, 2.45) is 0 Å². The van der Waals surface area contributed by atoms with Gasteiger partial charge in [-0.1, -0.05) is 30.3 Å². The molecule has 2 rings (SSSR count). The predicted molar refractivity (Wildman–Crippen MR) is 47.8 cm³/mol. The molecule has 0 aromatic heterocycles. The lowest BCUT2D eigenvalue weighted by Crippen LogP contribution is -1.98. The highest BCUT2D eigenvalue weighted by atomic mass is 16.3. The molecule has 0 saturated carbocycles. The molecule has 0 amide bonds. The molecular formula is C10H13NO. The summed E-state index contributed by atoms with van der Waals surface area (Å²) < 4.78 is 0. The lowest BCUT2D eigenvalue weighted by Gasteiger charge is -1.95. The van der Waals surface area contributed by atoms with E-state index in [-0.39, 0.29) is 6.61 Å². The summed E-state index contributed by atoms with van der Waals surface area (Å²) in [5, 5.41) is 8.97. The zero-order chi connectivity index (χ0) is 8.55. The SMILES string of the molecule is CN1[C@H](CO)[C@@H]1c1ccccc1. The van der Waals surface area contributed by atoms with Crippen LogP contribution >= 0.6 is 0 Å². The Morgan fingerprint density at radius 2 is 2.00 bits per heavy atom. The van der Waals surface area contributed by atoms with E-state index in [1.165, 1.54) is 5.56 Å². The number of hydrogen-bond donors (Lipinski definition) is 1. The number of hydrogen-bond acceptors (Lipinski definition) is 2. The average Bonchev–Trinajstić information content (AvgIpc) is 2.78. The van der Waals surface area contributed by atoms with Gasteiger partial charge in [0.2, 0.25) is 0 Å². The van der Waals surface area contributed by atoms with Gasteiger partial charge in [0.05, 0.1) is 18.7 Å². The standard InChI is InChI=1S/C10H13NO/c1-11-9(7-12)10(11)8-5-3-2-4-6-8/h2-6,9-10,12H,7H2,1H3/t9-,10+,11?/m1/s1. The number of likely N-dealkylation sites (N-methyl/N-ethyl adjacent to an activating group) is 1. The minimum atomic E-state index is 0.260. The Hall–Kier alpha value is -0.860. The third kappa shape index (κ3) is 1.13. The summed E-state index contributed by atoms with van der Waals surface area (Å²) >= 11 is 0. The van der Waals surface area contributed by atoms with Crippen molar-refractivity contribution in [3.8, 4) is 0 Å². The van der Waals surface area contributed by atoms with Crippen molar-refractivity contribution in [3.63, 3.8) is 0 Å². The number of nitrogens with zero attached hydrogens (tertiary/aromatic N) is 1. The minimum absolute atomic E-state index is 0.260. The highest BCUT2D eigenvalue weighted by Crippen LogP contribution is 2.40. The van der Waals surface area contributed by atoms with Crippen LogP contribution in [0.5, 0.6) is 0 Å². The molecule has 1 N–H and O–H groups in total. The van der Waals surface area contributed by atoms with E-state index >= 15 is 0 Å². The van der Waals surface area contributed by atoms with Gasteiger partial charge >= 0.3 is 0 Å². The molecule has 2 nitrogen and oxygen atoms in total. The maximum absolute atomic E-state index is 8.97. The first kappa shape index (κ1) is 7.77. The lowest BCUT2D eigenvalue weighted by atomic mass is 10.1. The Bertz CT molecular complexity index is 260. The molecule has 1 aliphatic rings. The third-order valence-corrected chi connectivity index (χ3v) is 2.56. The minimum Gasteiger partial charge on any atom is -0.395 e. The van der Waals surface area contributed by atoms with Crippen LogP contribution in [0.4, 0.5) is 0 Å². The second-order valence-electron chi connectivity index (χ2n) is 3.27. The van der Waals surface area contributed by atoms with Crippen molar-refractivity contribution < 1.29 is 5.11 Å². The van der Waals surface area contributed by atoms with Gasteiger partial charge in [0, 0.05) is 0 Å². The monoisotopic (exact) mass is 163 g/mol. The third-order valence-electron chi connectivity index (χ3n) is 2.56. The molecule has 0 spiro atoms. The molecule has 0 bridgehead atoms. The first-order valence-electron chi connectivity index (χ1n) is 4.22. The van der Waals surface area contributed by atoms with Crippen LogP contribution in [-0.2, 0) is 0 Å². The summed E-state index contributed by atoms with van der Waals surface area (Å²) in [4.78, 5) is 2.18. The molecule has 1 unspecified atom stereocenters.